The van der Waals surface area contributed by atoms with Gasteiger partial charge >= 0.3 is 0 Å². The lowest BCUT2D eigenvalue weighted by Gasteiger charge is -2.19. The predicted octanol–water partition coefficient (Wildman–Crippen LogP) is 3.11. The molecule has 0 saturated heterocycles. The zero-order valence-electron chi connectivity index (χ0n) is 11.5. The number of benzene rings is 1. The smallest absolute Gasteiger partial charge is 0.0546 e. The van der Waals surface area contributed by atoms with E-state index in [2.05, 4.69) is 50.4 Å². The summed E-state index contributed by atoms with van der Waals surface area (Å²) in [6.45, 7) is 11.1. The molecule has 0 saturated carbocycles. The van der Waals surface area contributed by atoms with Crippen LogP contribution in [0, 0.1) is 6.92 Å². The molecule has 2 nitrogen and oxygen atoms in total. The summed E-state index contributed by atoms with van der Waals surface area (Å²) in [4.78, 5) is 0. The lowest BCUT2D eigenvalue weighted by molar-refractivity contribution is 0.131. The number of hydrogen-bond donors (Lipinski definition) is 1. The van der Waals surface area contributed by atoms with Crippen molar-refractivity contribution in [2.75, 3.05) is 19.8 Å². The lowest BCUT2D eigenvalue weighted by Crippen LogP contribution is -2.30. The summed E-state index contributed by atoms with van der Waals surface area (Å²) >= 11 is 0. The average Bonchev–Trinajstić information content (AvgIpc) is 2.30. The first-order valence-corrected chi connectivity index (χ1v) is 6.51. The number of rotatable bonds is 7. The van der Waals surface area contributed by atoms with Crippen LogP contribution in [0.5, 0.6) is 0 Å². The van der Waals surface area contributed by atoms with Crippen LogP contribution in [0.1, 0.15) is 37.8 Å². The molecule has 0 aliphatic rings. The van der Waals surface area contributed by atoms with Crippen LogP contribution in [0.4, 0.5) is 0 Å². The highest BCUT2D eigenvalue weighted by atomic mass is 16.5. The van der Waals surface area contributed by atoms with E-state index in [1.54, 1.807) is 0 Å². The molecule has 0 aliphatic carbocycles. The maximum Gasteiger partial charge on any atom is 0.0546 e. The molecule has 0 aromatic heterocycles. The fraction of sp³-hybridized carbons (Fsp3) is 0.600. The van der Waals surface area contributed by atoms with E-state index in [-0.39, 0.29) is 0 Å². The van der Waals surface area contributed by atoms with E-state index in [9.17, 15) is 0 Å². The van der Waals surface area contributed by atoms with E-state index in [0.29, 0.717) is 12.0 Å². The van der Waals surface area contributed by atoms with E-state index in [1.807, 2.05) is 6.92 Å². The second kappa shape index (κ2) is 7.46. The maximum atomic E-state index is 5.57. The van der Waals surface area contributed by atoms with E-state index in [0.717, 1.165) is 19.8 Å². The van der Waals surface area contributed by atoms with Crippen molar-refractivity contribution < 1.29 is 4.74 Å². The molecule has 0 radical (unpaired) electrons. The Morgan fingerprint density at radius 3 is 2.35 bits per heavy atom. The Morgan fingerprint density at radius 2 is 1.82 bits per heavy atom. The predicted molar refractivity (Wildman–Crippen MR) is 73.6 cm³/mol. The van der Waals surface area contributed by atoms with Crippen LogP contribution in [0.15, 0.2) is 24.3 Å². The molecule has 1 atom stereocenters. The standard InChI is InChI=1S/C15H25NO/c1-5-17-11-15(10-16-12(2)3)14-8-6-13(4)7-9-14/h6-9,12,15-16H,5,10-11H2,1-4H3. The molecule has 1 aromatic carbocycles. The van der Waals surface area contributed by atoms with Crippen LogP contribution in [-0.4, -0.2) is 25.8 Å². The van der Waals surface area contributed by atoms with Gasteiger partial charge in [-0.25, -0.2) is 0 Å². The first kappa shape index (κ1) is 14.2. The highest BCUT2D eigenvalue weighted by Gasteiger charge is 2.11. The first-order chi connectivity index (χ1) is 8.13. The highest BCUT2D eigenvalue weighted by Crippen LogP contribution is 2.16. The summed E-state index contributed by atoms with van der Waals surface area (Å²) < 4.78 is 5.57. The Kier molecular flexibility index (Phi) is 6.23. The van der Waals surface area contributed by atoms with Gasteiger partial charge < -0.3 is 10.1 Å². The van der Waals surface area contributed by atoms with Gasteiger partial charge in [0.15, 0.2) is 0 Å². The van der Waals surface area contributed by atoms with E-state index >= 15 is 0 Å². The summed E-state index contributed by atoms with van der Waals surface area (Å²) in [6, 6.07) is 9.28. The quantitative estimate of drug-likeness (QED) is 0.784. The fourth-order valence-electron chi connectivity index (χ4n) is 1.75. The molecule has 1 N–H and O–H groups in total. The van der Waals surface area contributed by atoms with Crippen molar-refractivity contribution in [1.29, 1.82) is 0 Å². The summed E-state index contributed by atoms with van der Waals surface area (Å²) in [5.74, 6) is 0.443. The SMILES string of the molecule is CCOCC(CNC(C)C)c1ccc(C)cc1. The second-order valence-electron chi connectivity index (χ2n) is 4.83. The molecular formula is C15H25NO. The molecule has 2 heteroatoms. The lowest BCUT2D eigenvalue weighted by atomic mass is 9.98. The third-order valence-electron chi connectivity index (χ3n) is 2.84. The average molecular weight is 235 g/mol. The molecule has 0 heterocycles. The Morgan fingerprint density at radius 1 is 1.18 bits per heavy atom. The monoisotopic (exact) mass is 235 g/mol. The number of hydrogen-bond acceptors (Lipinski definition) is 2. The Balaban J connectivity index is 2.63. The molecule has 1 unspecified atom stereocenters. The van der Waals surface area contributed by atoms with Gasteiger partial charge in [0, 0.05) is 25.1 Å². The number of aryl methyl sites for hydroxylation is 1. The molecule has 1 aromatic rings. The van der Waals surface area contributed by atoms with Crippen molar-refractivity contribution in [1.82, 2.24) is 5.32 Å². The normalized spacial score (nSPS) is 13.0. The van der Waals surface area contributed by atoms with Gasteiger partial charge in [0.25, 0.3) is 0 Å². The van der Waals surface area contributed by atoms with Gasteiger partial charge in [0.05, 0.1) is 6.61 Å². The Labute approximate surface area is 105 Å². The van der Waals surface area contributed by atoms with Crippen LogP contribution in [0.25, 0.3) is 0 Å². The fourth-order valence-corrected chi connectivity index (χ4v) is 1.75. The molecule has 1 rings (SSSR count). The Bertz CT molecular complexity index is 305. The van der Waals surface area contributed by atoms with Crippen molar-refractivity contribution in [3.63, 3.8) is 0 Å². The number of ether oxygens (including phenoxy) is 1. The minimum atomic E-state index is 0.443. The molecule has 0 aliphatic heterocycles. The van der Waals surface area contributed by atoms with Gasteiger partial charge in [0.1, 0.15) is 0 Å². The largest absolute Gasteiger partial charge is 0.381 e. The van der Waals surface area contributed by atoms with Gasteiger partial charge in [-0.3, -0.25) is 0 Å². The minimum absolute atomic E-state index is 0.443. The molecule has 17 heavy (non-hydrogen) atoms. The topological polar surface area (TPSA) is 21.3 Å². The van der Waals surface area contributed by atoms with E-state index in [4.69, 9.17) is 4.74 Å². The minimum Gasteiger partial charge on any atom is -0.381 e. The van der Waals surface area contributed by atoms with Gasteiger partial charge in [-0.1, -0.05) is 43.7 Å². The van der Waals surface area contributed by atoms with Gasteiger partial charge in [-0.2, -0.15) is 0 Å². The zero-order chi connectivity index (χ0) is 12.7. The molecule has 0 bridgehead atoms. The molecule has 0 fully saturated rings. The summed E-state index contributed by atoms with van der Waals surface area (Å²) in [5.41, 5.74) is 2.66. The first-order valence-electron chi connectivity index (χ1n) is 6.51. The van der Waals surface area contributed by atoms with Crippen LogP contribution >= 0.6 is 0 Å². The van der Waals surface area contributed by atoms with Crippen LogP contribution in [0.3, 0.4) is 0 Å². The summed E-state index contributed by atoms with van der Waals surface area (Å²) in [6.07, 6.45) is 0. The van der Waals surface area contributed by atoms with Crippen LogP contribution in [0.2, 0.25) is 0 Å². The van der Waals surface area contributed by atoms with E-state index in [1.165, 1.54) is 11.1 Å². The van der Waals surface area contributed by atoms with Crippen molar-refractivity contribution in [3.05, 3.63) is 35.4 Å². The third-order valence-corrected chi connectivity index (χ3v) is 2.84. The zero-order valence-corrected chi connectivity index (χ0v) is 11.5. The van der Waals surface area contributed by atoms with E-state index < -0.39 is 0 Å². The summed E-state index contributed by atoms with van der Waals surface area (Å²) in [7, 11) is 0. The molecular weight excluding hydrogens is 210 g/mol. The van der Waals surface area contributed by atoms with Gasteiger partial charge in [-0.05, 0) is 19.4 Å². The summed E-state index contributed by atoms with van der Waals surface area (Å²) in [5, 5.41) is 3.49. The Hall–Kier alpha value is -0.860. The van der Waals surface area contributed by atoms with Crippen molar-refractivity contribution in [3.8, 4) is 0 Å². The molecule has 0 spiro atoms. The molecule has 0 amide bonds. The van der Waals surface area contributed by atoms with Gasteiger partial charge in [-0.15, -0.1) is 0 Å². The second-order valence-corrected chi connectivity index (χ2v) is 4.83. The van der Waals surface area contributed by atoms with Crippen LogP contribution in [-0.2, 0) is 4.74 Å². The van der Waals surface area contributed by atoms with Crippen molar-refractivity contribution in [2.45, 2.75) is 39.7 Å². The van der Waals surface area contributed by atoms with Crippen molar-refractivity contribution in [2.24, 2.45) is 0 Å². The van der Waals surface area contributed by atoms with Crippen LogP contribution < -0.4 is 5.32 Å². The third kappa shape index (κ3) is 5.33. The van der Waals surface area contributed by atoms with Gasteiger partial charge in [0.2, 0.25) is 0 Å². The van der Waals surface area contributed by atoms with Crippen molar-refractivity contribution >= 4 is 0 Å². The highest BCUT2D eigenvalue weighted by molar-refractivity contribution is 5.24. The number of nitrogens with one attached hydrogen (secondary N) is 1. The molecule has 96 valence electrons. The maximum absolute atomic E-state index is 5.57.